The molecule has 0 spiro atoms. The Bertz CT molecular complexity index is 805. The Balaban J connectivity index is 1.97. The van der Waals surface area contributed by atoms with Crippen LogP contribution in [0.4, 0.5) is 0 Å². The lowest BCUT2D eigenvalue weighted by molar-refractivity contribution is -0.0815. The van der Waals surface area contributed by atoms with Gasteiger partial charge in [-0.25, -0.2) is 0 Å². The highest BCUT2D eigenvalue weighted by Gasteiger charge is 2.38. The fourth-order valence-corrected chi connectivity index (χ4v) is 3.50. The molecule has 0 bridgehead atoms. The second-order valence-electron chi connectivity index (χ2n) is 6.31. The molecule has 2 unspecified atom stereocenters. The van der Waals surface area contributed by atoms with E-state index in [0.717, 1.165) is 11.1 Å². The molecule has 0 heterocycles. The van der Waals surface area contributed by atoms with Gasteiger partial charge in [-0.2, -0.15) is 0 Å². The van der Waals surface area contributed by atoms with Gasteiger partial charge in [-0.1, -0.05) is 78.9 Å². The minimum atomic E-state index is -1.42. The summed E-state index contributed by atoms with van der Waals surface area (Å²) in [5, 5.41) is 22.5. The van der Waals surface area contributed by atoms with E-state index < -0.39 is 11.7 Å². The van der Waals surface area contributed by atoms with Crippen LogP contribution < -0.4 is 0 Å². The zero-order valence-electron chi connectivity index (χ0n) is 13.9. The van der Waals surface area contributed by atoms with E-state index in [9.17, 15) is 10.2 Å². The van der Waals surface area contributed by atoms with Gasteiger partial charge in [0.2, 0.25) is 0 Å². The van der Waals surface area contributed by atoms with Crippen LogP contribution in [0.1, 0.15) is 16.7 Å². The summed E-state index contributed by atoms with van der Waals surface area (Å²) in [7, 11) is 0. The summed E-state index contributed by atoms with van der Waals surface area (Å²) in [5.74, 6) is 0. The number of aliphatic hydroxyl groups is 2. The van der Waals surface area contributed by atoms with Crippen LogP contribution in [-0.4, -0.2) is 16.3 Å². The third kappa shape index (κ3) is 4.13. The van der Waals surface area contributed by atoms with Crippen molar-refractivity contribution < 1.29 is 10.2 Å². The van der Waals surface area contributed by atoms with Gasteiger partial charge in [0.25, 0.3) is 0 Å². The van der Waals surface area contributed by atoms with Crippen molar-refractivity contribution in [1.82, 2.24) is 0 Å². The third-order valence-electron chi connectivity index (χ3n) is 4.51. The molecule has 3 aromatic rings. The topological polar surface area (TPSA) is 40.5 Å². The Morgan fingerprint density at radius 1 is 0.760 bits per heavy atom. The van der Waals surface area contributed by atoms with Crippen molar-refractivity contribution in [1.29, 1.82) is 0 Å². The molecular formula is C22H22O2S. The van der Waals surface area contributed by atoms with Gasteiger partial charge in [-0.15, -0.1) is 12.6 Å². The molecule has 25 heavy (non-hydrogen) atoms. The largest absolute Gasteiger partial charge is 0.389 e. The number of hydrogen-bond donors (Lipinski definition) is 3. The average Bonchev–Trinajstić information content (AvgIpc) is 2.63. The monoisotopic (exact) mass is 350 g/mol. The average molecular weight is 350 g/mol. The molecule has 0 saturated heterocycles. The molecule has 0 amide bonds. The van der Waals surface area contributed by atoms with Gasteiger partial charge in [0, 0.05) is 17.7 Å². The maximum atomic E-state index is 11.5. The first-order chi connectivity index (χ1) is 12.1. The maximum absolute atomic E-state index is 11.5. The van der Waals surface area contributed by atoms with Crippen molar-refractivity contribution in [2.75, 3.05) is 0 Å². The van der Waals surface area contributed by atoms with Crippen LogP contribution in [0.2, 0.25) is 0 Å². The Kier molecular flexibility index (Phi) is 5.59. The van der Waals surface area contributed by atoms with Gasteiger partial charge in [-0.3, -0.25) is 0 Å². The molecule has 3 heteroatoms. The van der Waals surface area contributed by atoms with Crippen LogP contribution in [-0.2, 0) is 18.4 Å². The van der Waals surface area contributed by atoms with E-state index in [1.165, 1.54) is 0 Å². The molecule has 0 fully saturated rings. The number of rotatable bonds is 6. The van der Waals surface area contributed by atoms with Gasteiger partial charge in [0.15, 0.2) is 0 Å². The van der Waals surface area contributed by atoms with Crippen LogP contribution in [0.5, 0.6) is 0 Å². The molecule has 0 aliphatic heterocycles. The molecule has 2 N–H and O–H groups in total. The fourth-order valence-electron chi connectivity index (χ4n) is 3.15. The third-order valence-corrected chi connectivity index (χ3v) is 4.90. The van der Waals surface area contributed by atoms with Gasteiger partial charge < -0.3 is 10.2 Å². The second-order valence-corrected chi connectivity index (χ2v) is 6.79. The maximum Gasteiger partial charge on any atom is 0.121 e. The van der Waals surface area contributed by atoms with Crippen molar-refractivity contribution in [3.05, 3.63) is 102 Å². The van der Waals surface area contributed by atoms with Crippen molar-refractivity contribution in [3.63, 3.8) is 0 Å². The molecular weight excluding hydrogens is 328 g/mol. The normalized spacial score (nSPS) is 14.7. The van der Waals surface area contributed by atoms with E-state index in [1.807, 2.05) is 84.9 Å². The Morgan fingerprint density at radius 3 is 1.88 bits per heavy atom. The summed E-state index contributed by atoms with van der Waals surface area (Å²) in [6, 6.07) is 26.9. The first-order valence-electron chi connectivity index (χ1n) is 8.36. The number of aliphatic hydroxyl groups excluding tert-OH is 1. The molecule has 0 saturated carbocycles. The van der Waals surface area contributed by atoms with E-state index in [-0.39, 0.29) is 0 Å². The first-order valence-corrected chi connectivity index (χ1v) is 8.81. The predicted molar refractivity (Wildman–Crippen MR) is 104 cm³/mol. The molecule has 0 aromatic heterocycles. The highest BCUT2D eigenvalue weighted by atomic mass is 32.1. The van der Waals surface area contributed by atoms with Crippen molar-refractivity contribution in [3.8, 4) is 0 Å². The predicted octanol–water partition coefficient (Wildman–Crippen LogP) is 4.01. The summed E-state index contributed by atoms with van der Waals surface area (Å²) in [6.45, 7) is 0. The lowest BCUT2D eigenvalue weighted by Crippen LogP contribution is -2.43. The van der Waals surface area contributed by atoms with Crippen LogP contribution in [0.15, 0.2) is 89.8 Å². The van der Waals surface area contributed by atoms with E-state index in [2.05, 4.69) is 12.6 Å². The Hall–Kier alpha value is -2.07. The summed E-state index contributed by atoms with van der Waals surface area (Å²) in [5.41, 5.74) is 1.17. The molecule has 3 aromatic carbocycles. The second kappa shape index (κ2) is 7.87. The highest BCUT2D eigenvalue weighted by molar-refractivity contribution is 7.80. The first kappa shape index (κ1) is 17.7. The SMILES string of the molecule is OC(Cc1ccccc1)C(O)(Cc1ccccc1)c1ccccc1S. The number of benzene rings is 3. The Labute approximate surface area is 154 Å². The summed E-state index contributed by atoms with van der Waals surface area (Å²) in [4.78, 5) is 0.674. The van der Waals surface area contributed by atoms with Crippen LogP contribution in [0, 0.1) is 0 Å². The van der Waals surface area contributed by atoms with Crippen molar-refractivity contribution in [2.45, 2.75) is 29.4 Å². The number of hydrogen-bond acceptors (Lipinski definition) is 3. The molecule has 0 aliphatic rings. The molecule has 0 radical (unpaired) electrons. The number of thiol groups is 1. The zero-order valence-corrected chi connectivity index (χ0v) is 14.8. The zero-order chi connectivity index (χ0) is 17.7. The van der Waals surface area contributed by atoms with Gasteiger partial charge >= 0.3 is 0 Å². The minimum Gasteiger partial charge on any atom is -0.389 e. The Morgan fingerprint density at radius 2 is 1.28 bits per heavy atom. The lowest BCUT2D eigenvalue weighted by Gasteiger charge is -2.35. The smallest absolute Gasteiger partial charge is 0.121 e. The van der Waals surface area contributed by atoms with E-state index in [0.29, 0.717) is 23.3 Å². The minimum absolute atomic E-state index is 0.319. The molecule has 0 aliphatic carbocycles. The summed E-state index contributed by atoms with van der Waals surface area (Å²) in [6.07, 6.45) is -0.269. The van der Waals surface area contributed by atoms with E-state index >= 15 is 0 Å². The van der Waals surface area contributed by atoms with Crippen molar-refractivity contribution >= 4 is 12.6 Å². The molecule has 128 valence electrons. The summed E-state index contributed by atoms with van der Waals surface area (Å²) >= 11 is 4.51. The molecule has 3 rings (SSSR count). The standard InChI is InChI=1S/C22H22O2S/c23-21(15-17-9-3-1-4-10-17)22(24,16-18-11-5-2-6-12-18)19-13-7-8-14-20(19)25/h1-14,21,23-25H,15-16H2. The highest BCUT2D eigenvalue weighted by Crippen LogP contribution is 2.35. The molecule has 2 atom stereocenters. The van der Waals surface area contributed by atoms with Crippen molar-refractivity contribution in [2.24, 2.45) is 0 Å². The van der Waals surface area contributed by atoms with Gasteiger partial charge in [0.1, 0.15) is 5.60 Å². The quantitative estimate of drug-likeness (QED) is 0.588. The lowest BCUT2D eigenvalue weighted by atomic mass is 9.80. The van der Waals surface area contributed by atoms with Gasteiger partial charge in [-0.05, 0) is 22.8 Å². The fraction of sp³-hybridized carbons (Fsp3) is 0.182. The van der Waals surface area contributed by atoms with E-state index in [4.69, 9.17) is 0 Å². The summed E-state index contributed by atoms with van der Waals surface area (Å²) < 4.78 is 0. The van der Waals surface area contributed by atoms with Crippen LogP contribution in [0.25, 0.3) is 0 Å². The molecule has 2 nitrogen and oxygen atoms in total. The van der Waals surface area contributed by atoms with Crippen LogP contribution in [0.3, 0.4) is 0 Å². The van der Waals surface area contributed by atoms with E-state index in [1.54, 1.807) is 0 Å². The van der Waals surface area contributed by atoms with Crippen LogP contribution >= 0.6 is 12.6 Å². The van der Waals surface area contributed by atoms with Gasteiger partial charge in [0.05, 0.1) is 6.10 Å².